The first-order chi connectivity index (χ1) is 8.50. The molecule has 0 fully saturated rings. The van der Waals surface area contributed by atoms with E-state index in [-0.39, 0.29) is 24.2 Å². The lowest BCUT2D eigenvalue weighted by atomic mass is 10.1. The molecule has 0 radical (unpaired) electrons. The first-order valence-corrected chi connectivity index (χ1v) is 5.44. The van der Waals surface area contributed by atoms with Crippen LogP contribution in [-0.4, -0.2) is 33.8 Å². The SMILES string of the molecule is CC(=O)CC[C@@H](NC(=O)c1cccnc1)C(=O)O. The Hall–Kier alpha value is -2.24. The van der Waals surface area contributed by atoms with Gasteiger partial charge in [-0.25, -0.2) is 4.79 Å². The van der Waals surface area contributed by atoms with Crippen molar-refractivity contribution in [2.24, 2.45) is 0 Å². The van der Waals surface area contributed by atoms with E-state index in [1.807, 2.05) is 0 Å². The molecule has 0 aliphatic rings. The average molecular weight is 250 g/mol. The summed E-state index contributed by atoms with van der Waals surface area (Å²) in [6, 6.07) is 2.05. The lowest BCUT2D eigenvalue weighted by molar-refractivity contribution is -0.139. The third-order valence-corrected chi connectivity index (χ3v) is 2.31. The van der Waals surface area contributed by atoms with Crippen LogP contribution in [0.15, 0.2) is 24.5 Å². The van der Waals surface area contributed by atoms with E-state index < -0.39 is 17.9 Å². The van der Waals surface area contributed by atoms with Crippen molar-refractivity contribution in [1.29, 1.82) is 0 Å². The second-order valence-electron chi connectivity index (χ2n) is 3.85. The molecule has 96 valence electrons. The summed E-state index contributed by atoms with van der Waals surface area (Å²) in [7, 11) is 0. The lowest BCUT2D eigenvalue weighted by Crippen LogP contribution is -2.41. The first kappa shape index (κ1) is 13.8. The standard InChI is InChI=1S/C12H14N2O4/c1-8(15)4-5-10(12(17)18)14-11(16)9-3-2-6-13-7-9/h2-3,6-7,10H,4-5H2,1H3,(H,14,16)(H,17,18)/t10-/m1/s1. The molecule has 0 saturated heterocycles. The van der Waals surface area contributed by atoms with Crippen molar-refractivity contribution in [2.45, 2.75) is 25.8 Å². The smallest absolute Gasteiger partial charge is 0.326 e. The molecule has 0 spiro atoms. The topological polar surface area (TPSA) is 96.4 Å². The fraction of sp³-hybridized carbons (Fsp3) is 0.333. The molecule has 1 atom stereocenters. The van der Waals surface area contributed by atoms with Gasteiger partial charge in [0.15, 0.2) is 0 Å². The number of hydrogen-bond donors (Lipinski definition) is 2. The summed E-state index contributed by atoms with van der Waals surface area (Å²) in [4.78, 5) is 37.2. The Morgan fingerprint density at radius 2 is 2.17 bits per heavy atom. The number of aromatic nitrogens is 1. The number of Topliss-reactive ketones (excluding diaryl/α,β-unsaturated/α-hetero) is 1. The van der Waals surface area contributed by atoms with Crippen LogP contribution in [0.5, 0.6) is 0 Å². The molecule has 0 aromatic carbocycles. The van der Waals surface area contributed by atoms with E-state index in [0.717, 1.165) is 0 Å². The molecule has 1 rings (SSSR count). The molecule has 1 aromatic rings. The van der Waals surface area contributed by atoms with Crippen molar-refractivity contribution < 1.29 is 19.5 Å². The van der Waals surface area contributed by atoms with Crippen LogP contribution in [0.25, 0.3) is 0 Å². The molecular formula is C12H14N2O4. The first-order valence-electron chi connectivity index (χ1n) is 5.44. The summed E-state index contributed by atoms with van der Waals surface area (Å²) in [5.41, 5.74) is 0.284. The Kier molecular flexibility index (Phi) is 4.98. The molecule has 0 aliphatic heterocycles. The van der Waals surface area contributed by atoms with Gasteiger partial charge in [0.2, 0.25) is 0 Å². The number of carbonyl (C=O) groups is 3. The van der Waals surface area contributed by atoms with Crippen molar-refractivity contribution in [2.75, 3.05) is 0 Å². The van der Waals surface area contributed by atoms with Gasteiger partial charge in [0, 0.05) is 18.8 Å². The second-order valence-corrected chi connectivity index (χ2v) is 3.85. The minimum absolute atomic E-state index is 0.0800. The number of carbonyl (C=O) groups excluding carboxylic acids is 2. The van der Waals surface area contributed by atoms with Crippen molar-refractivity contribution in [3.8, 4) is 0 Å². The Balaban J connectivity index is 2.64. The van der Waals surface area contributed by atoms with Crippen LogP contribution >= 0.6 is 0 Å². The minimum Gasteiger partial charge on any atom is -0.480 e. The maximum absolute atomic E-state index is 11.7. The molecule has 1 aromatic heterocycles. The summed E-state index contributed by atoms with van der Waals surface area (Å²) in [5, 5.41) is 11.3. The number of nitrogens with one attached hydrogen (secondary N) is 1. The number of ketones is 1. The van der Waals surface area contributed by atoms with Gasteiger partial charge in [0.1, 0.15) is 11.8 Å². The highest BCUT2D eigenvalue weighted by Crippen LogP contribution is 2.02. The van der Waals surface area contributed by atoms with E-state index in [0.29, 0.717) is 0 Å². The quantitative estimate of drug-likeness (QED) is 0.772. The molecule has 6 nitrogen and oxygen atoms in total. The van der Waals surface area contributed by atoms with Gasteiger partial charge in [-0.1, -0.05) is 0 Å². The van der Waals surface area contributed by atoms with Gasteiger partial charge in [0.05, 0.1) is 5.56 Å². The molecular weight excluding hydrogens is 236 g/mol. The highest BCUT2D eigenvalue weighted by molar-refractivity contribution is 5.96. The molecule has 0 saturated carbocycles. The summed E-state index contributed by atoms with van der Waals surface area (Å²) in [6.45, 7) is 1.38. The number of amides is 1. The number of pyridine rings is 1. The predicted molar refractivity (Wildman–Crippen MR) is 63.0 cm³/mol. The van der Waals surface area contributed by atoms with Gasteiger partial charge in [-0.05, 0) is 25.5 Å². The van der Waals surface area contributed by atoms with E-state index in [1.165, 1.54) is 25.4 Å². The van der Waals surface area contributed by atoms with E-state index in [9.17, 15) is 14.4 Å². The molecule has 1 heterocycles. The van der Waals surface area contributed by atoms with Crippen molar-refractivity contribution >= 4 is 17.7 Å². The summed E-state index contributed by atoms with van der Waals surface area (Å²) >= 11 is 0. The van der Waals surface area contributed by atoms with Crippen molar-refractivity contribution in [1.82, 2.24) is 10.3 Å². The van der Waals surface area contributed by atoms with Gasteiger partial charge in [0.25, 0.3) is 5.91 Å². The monoisotopic (exact) mass is 250 g/mol. The fourth-order valence-corrected chi connectivity index (χ4v) is 1.34. The average Bonchev–Trinajstić information content (AvgIpc) is 2.34. The van der Waals surface area contributed by atoms with Crippen LogP contribution < -0.4 is 5.32 Å². The highest BCUT2D eigenvalue weighted by atomic mass is 16.4. The van der Waals surface area contributed by atoms with Crippen LogP contribution in [0.1, 0.15) is 30.1 Å². The van der Waals surface area contributed by atoms with Gasteiger partial charge in [-0.2, -0.15) is 0 Å². The van der Waals surface area contributed by atoms with Crippen molar-refractivity contribution in [3.05, 3.63) is 30.1 Å². The van der Waals surface area contributed by atoms with Gasteiger partial charge < -0.3 is 15.2 Å². The van der Waals surface area contributed by atoms with Crippen LogP contribution in [0.4, 0.5) is 0 Å². The van der Waals surface area contributed by atoms with Crippen LogP contribution in [0.3, 0.4) is 0 Å². The fourth-order valence-electron chi connectivity index (χ4n) is 1.34. The maximum Gasteiger partial charge on any atom is 0.326 e. The Morgan fingerprint density at radius 1 is 1.44 bits per heavy atom. The normalized spacial score (nSPS) is 11.6. The Morgan fingerprint density at radius 3 is 2.67 bits per heavy atom. The minimum atomic E-state index is -1.16. The molecule has 0 unspecified atom stereocenters. The largest absolute Gasteiger partial charge is 0.480 e. The zero-order valence-electron chi connectivity index (χ0n) is 9.92. The summed E-state index contributed by atoms with van der Waals surface area (Å²) < 4.78 is 0. The van der Waals surface area contributed by atoms with E-state index >= 15 is 0 Å². The third kappa shape index (κ3) is 4.32. The molecule has 2 N–H and O–H groups in total. The van der Waals surface area contributed by atoms with Crippen LogP contribution in [-0.2, 0) is 9.59 Å². The molecule has 18 heavy (non-hydrogen) atoms. The number of nitrogens with zero attached hydrogens (tertiary/aromatic N) is 1. The predicted octanol–water partition coefficient (Wildman–Crippen LogP) is 0.634. The zero-order chi connectivity index (χ0) is 13.5. The second kappa shape index (κ2) is 6.48. The van der Waals surface area contributed by atoms with Gasteiger partial charge in [-0.15, -0.1) is 0 Å². The van der Waals surface area contributed by atoms with E-state index in [1.54, 1.807) is 6.07 Å². The van der Waals surface area contributed by atoms with Crippen molar-refractivity contribution in [3.63, 3.8) is 0 Å². The number of carboxylic acids is 1. The Labute approximate surface area is 104 Å². The Bertz CT molecular complexity index is 445. The van der Waals surface area contributed by atoms with Gasteiger partial charge >= 0.3 is 5.97 Å². The summed E-state index contributed by atoms with van der Waals surface area (Å²) in [5.74, 6) is -1.79. The van der Waals surface area contributed by atoms with E-state index in [2.05, 4.69) is 10.3 Å². The number of rotatable bonds is 6. The van der Waals surface area contributed by atoms with E-state index in [4.69, 9.17) is 5.11 Å². The number of aliphatic carboxylic acids is 1. The molecule has 0 aliphatic carbocycles. The summed E-state index contributed by atoms with van der Waals surface area (Å²) in [6.07, 6.45) is 3.06. The highest BCUT2D eigenvalue weighted by Gasteiger charge is 2.20. The molecule has 0 bridgehead atoms. The van der Waals surface area contributed by atoms with Crippen LogP contribution in [0.2, 0.25) is 0 Å². The molecule has 1 amide bonds. The maximum atomic E-state index is 11.7. The number of hydrogen-bond acceptors (Lipinski definition) is 4. The number of carboxylic acid groups (broad SMARTS) is 1. The lowest BCUT2D eigenvalue weighted by Gasteiger charge is -2.13. The van der Waals surface area contributed by atoms with Crippen LogP contribution in [0, 0.1) is 0 Å². The van der Waals surface area contributed by atoms with Gasteiger partial charge in [-0.3, -0.25) is 9.78 Å². The molecule has 6 heteroatoms. The third-order valence-electron chi connectivity index (χ3n) is 2.31. The zero-order valence-corrected chi connectivity index (χ0v) is 9.92.